The van der Waals surface area contributed by atoms with Gasteiger partial charge in [0.2, 0.25) is 0 Å². The van der Waals surface area contributed by atoms with Crippen LogP contribution >= 0.6 is 11.8 Å². The number of aromatic nitrogens is 2. The molecule has 0 saturated heterocycles. The fourth-order valence-corrected chi connectivity index (χ4v) is 1.68. The average Bonchev–Trinajstić information content (AvgIpc) is 2.01. The Balaban J connectivity index is 2.83. The second-order valence-corrected chi connectivity index (χ2v) is 4.60. The second-order valence-electron chi connectivity index (χ2n) is 3.73. The number of anilines is 1. The van der Waals surface area contributed by atoms with Crippen molar-refractivity contribution in [2.45, 2.75) is 26.0 Å². The first kappa shape index (κ1) is 11.3. The number of thioether (sulfide) groups is 1. The van der Waals surface area contributed by atoms with Crippen molar-refractivity contribution in [1.29, 1.82) is 0 Å². The minimum Gasteiger partial charge on any atom is -0.384 e. The standard InChI is InChI=1S/C10H17N3S/c1-7(2)4-8-5-9(11)13-10(12-8)6-14-3/h5,7H,4,6H2,1-3H3,(H2,11,12,13). The molecule has 0 bridgehead atoms. The molecule has 1 aromatic heterocycles. The summed E-state index contributed by atoms with van der Waals surface area (Å²) in [5.74, 6) is 2.86. The fraction of sp³-hybridized carbons (Fsp3) is 0.600. The van der Waals surface area contributed by atoms with Crippen LogP contribution in [-0.4, -0.2) is 16.2 Å². The van der Waals surface area contributed by atoms with Crippen LogP contribution < -0.4 is 5.73 Å². The summed E-state index contributed by atoms with van der Waals surface area (Å²) >= 11 is 1.71. The number of rotatable bonds is 4. The van der Waals surface area contributed by atoms with Crippen LogP contribution in [0.2, 0.25) is 0 Å². The number of nitrogens with zero attached hydrogens (tertiary/aromatic N) is 2. The van der Waals surface area contributed by atoms with Crippen molar-refractivity contribution in [3.8, 4) is 0 Å². The van der Waals surface area contributed by atoms with Gasteiger partial charge in [0.25, 0.3) is 0 Å². The normalized spacial score (nSPS) is 10.9. The lowest BCUT2D eigenvalue weighted by Gasteiger charge is -2.06. The molecule has 0 aliphatic carbocycles. The van der Waals surface area contributed by atoms with Crippen molar-refractivity contribution in [3.63, 3.8) is 0 Å². The van der Waals surface area contributed by atoms with Gasteiger partial charge in [-0.1, -0.05) is 13.8 Å². The maximum atomic E-state index is 5.71. The van der Waals surface area contributed by atoms with Crippen molar-refractivity contribution in [3.05, 3.63) is 17.6 Å². The Morgan fingerprint density at radius 3 is 2.71 bits per heavy atom. The van der Waals surface area contributed by atoms with Gasteiger partial charge in [-0.25, -0.2) is 9.97 Å². The molecule has 1 heterocycles. The molecule has 1 rings (SSSR count). The first-order valence-electron chi connectivity index (χ1n) is 4.73. The molecule has 1 aromatic rings. The number of hydrogen-bond donors (Lipinski definition) is 1. The summed E-state index contributed by atoms with van der Waals surface area (Å²) in [6.07, 6.45) is 3.00. The molecule has 14 heavy (non-hydrogen) atoms. The van der Waals surface area contributed by atoms with E-state index < -0.39 is 0 Å². The van der Waals surface area contributed by atoms with Crippen molar-refractivity contribution >= 4 is 17.6 Å². The predicted molar refractivity (Wildman–Crippen MR) is 62.2 cm³/mol. The molecule has 0 unspecified atom stereocenters. The largest absolute Gasteiger partial charge is 0.384 e. The van der Waals surface area contributed by atoms with Gasteiger partial charge in [0.1, 0.15) is 11.6 Å². The van der Waals surface area contributed by atoms with Gasteiger partial charge in [0, 0.05) is 11.8 Å². The highest BCUT2D eigenvalue weighted by Crippen LogP contribution is 2.11. The lowest BCUT2D eigenvalue weighted by atomic mass is 10.1. The molecule has 0 aliphatic heterocycles. The Labute approximate surface area is 89.5 Å². The van der Waals surface area contributed by atoms with Gasteiger partial charge in [-0.2, -0.15) is 11.8 Å². The van der Waals surface area contributed by atoms with Gasteiger partial charge in [-0.05, 0) is 18.6 Å². The van der Waals surface area contributed by atoms with E-state index in [0.717, 1.165) is 23.7 Å². The quantitative estimate of drug-likeness (QED) is 0.829. The molecule has 0 aromatic carbocycles. The monoisotopic (exact) mass is 211 g/mol. The third-order valence-electron chi connectivity index (χ3n) is 1.74. The fourth-order valence-electron chi connectivity index (χ4n) is 1.29. The summed E-state index contributed by atoms with van der Waals surface area (Å²) < 4.78 is 0. The molecule has 4 heteroatoms. The molecule has 0 aliphatic rings. The number of nitrogens with two attached hydrogens (primary N) is 1. The third-order valence-corrected chi connectivity index (χ3v) is 2.28. The highest BCUT2D eigenvalue weighted by molar-refractivity contribution is 7.97. The highest BCUT2D eigenvalue weighted by Gasteiger charge is 2.04. The summed E-state index contributed by atoms with van der Waals surface area (Å²) in [6.45, 7) is 4.35. The van der Waals surface area contributed by atoms with E-state index in [9.17, 15) is 0 Å². The zero-order valence-corrected chi connectivity index (χ0v) is 9.77. The van der Waals surface area contributed by atoms with Gasteiger partial charge in [-0.15, -0.1) is 0 Å². The van der Waals surface area contributed by atoms with Gasteiger partial charge >= 0.3 is 0 Å². The van der Waals surface area contributed by atoms with Crippen LogP contribution in [0.15, 0.2) is 6.07 Å². The van der Waals surface area contributed by atoms with E-state index in [0.29, 0.717) is 11.7 Å². The first-order valence-corrected chi connectivity index (χ1v) is 6.12. The highest BCUT2D eigenvalue weighted by atomic mass is 32.2. The minimum atomic E-state index is 0.583. The minimum absolute atomic E-state index is 0.583. The Hall–Kier alpha value is -0.770. The Bertz CT molecular complexity index is 299. The van der Waals surface area contributed by atoms with Crippen LogP contribution in [0.4, 0.5) is 5.82 Å². The molecule has 0 saturated carbocycles. The Morgan fingerprint density at radius 2 is 2.14 bits per heavy atom. The lowest BCUT2D eigenvalue weighted by molar-refractivity contribution is 0.632. The van der Waals surface area contributed by atoms with Crippen LogP contribution in [0.25, 0.3) is 0 Å². The van der Waals surface area contributed by atoms with Gasteiger partial charge in [0.15, 0.2) is 0 Å². The summed E-state index contributed by atoms with van der Waals surface area (Å²) in [4.78, 5) is 8.63. The molecular weight excluding hydrogens is 194 g/mol. The van der Waals surface area contributed by atoms with E-state index in [-0.39, 0.29) is 0 Å². The molecule has 0 amide bonds. The summed E-state index contributed by atoms with van der Waals surface area (Å²) in [7, 11) is 0. The van der Waals surface area contributed by atoms with Crippen LogP contribution in [0.3, 0.4) is 0 Å². The topological polar surface area (TPSA) is 51.8 Å². The third kappa shape index (κ3) is 3.54. The molecule has 78 valence electrons. The van der Waals surface area contributed by atoms with Gasteiger partial charge in [0.05, 0.1) is 5.75 Å². The van der Waals surface area contributed by atoms with E-state index in [2.05, 4.69) is 23.8 Å². The molecular formula is C10H17N3S. The summed E-state index contributed by atoms with van der Waals surface area (Å²) in [6, 6.07) is 1.86. The van der Waals surface area contributed by atoms with Crippen LogP contribution in [0, 0.1) is 5.92 Å². The lowest BCUT2D eigenvalue weighted by Crippen LogP contribution is -2.04. The maximum absolute atomic E-state index is 5.71. The zero-order valence-electron chi connectivity index (χ0n) is 8.95. The van der Waals surface area contributed by atoms with E-state index in [1.165, 1.54) is 0 Å². The average molecular weight is 211 g/mol. The van der Waals surface area contributed by atoms with E-state index >= 15 is 0 Å². The van der Waals surface area contributed by atoms with E-state index in [1.807, 2.05) is 12.3 Å². The SMILES string of the molecule is CSCc1nc(N)cc(CC(C)C)n1. The number of hydrogen-bond acceptors (Lipinski definition) is 4. The first-order chi connectivity index (χ1) is 6.61. The van der Waals surface area contributed by atoms with Crippen molar-refractivity contribution in [1.82, 2.24) is 9.97 Å². The summed E-state index contributed by atoms with van der Waals surface area (Å²) in [5.41, 5.74) is 6.76. The van der Waals surface area contributed by atoms with Crippen LogP contribution in [0.1, 0.15) is 25.4 Å². The molecule has 2 N–H and O–H groups in total. The molecule has 0 radical (unpaired) electrons. The van der Waals surface area contributed by atoms with Crippen molar-refractivity contribution in [2.75, 3.05) is 12.0 Å². The molecule has 3 nitrogen and oxygen atoms in total. The number of nitrogen functional groups attached to an aromatic ring is 1. The second kappa shape index (κ2) is 5.20. The van der Waals surface area contributed by atoms with E-state index in [1.54, 1.807) is 11.8 Å². The molecule has 0 atom stereocenters. The molecule has 0 spiro atoms. The Morgan fingerprint density at radius 1 is 1.43 bits per heavy atom. The van der Waals surface area contributed by atoms with Crippen LogP contribution in [-0.2, 0) is 12.2 Å². The van der Waals surface area contributed by atoms with Crippen molar-refractivity contribution < 1.29 is 0 Å². The van der Waals surface area contributed by atoms with Gasteiger partial charge in [-0.3, -0.25) is 0 Å². The molecule has 0 fully saturated rings. The predicted octanol–water partition coefficient (Wildman–Crippen LogP) is 2.12. The summed E-state index contributed by atoms with van der Waals surface area (Å²) in [5, 5.41) is 0. The zero-order chi connectivity index (χ0) is 10.6. The Kier molecular flexibility index (Phi) is 4.20. The van der Waals surface area contributed by atoms with Gasteiger partial charge < -0.3 is 5.73 Å². The smallest absolute Gasteiger partial charge is 0.140 e. The van der Waals surface area contributed by atoms with Crippen molar-refractivity contribution in [2.24, 2.45) is 5.92 Å². The van der Waals surface area contributed by atoms with E-state index in [4.69, 9.17) is 5.73 Å². The van der Waals surface area contributed by atoms with Crippen LogP contribution in [0.5, 0.6) is 0 Å². The maximum Gasteiger partial charge on any atom is 0.140 e.